The first-order valence-corrected chi connectivity index (χ1v) is 6.21. The van der Waals surface area contributed by atoms with Crippen LogP contribution < -0.4 is 10.1 Å². The van der Waals surface area contributed by atoms with Crippen molar-refractivity contribution >= 4 is 23.2 Å². The van der Waals surface area contributed by atoms with E-state index in [0.717, 1.165) is 42.3 Å². The number of halogens is 2. The van der Waals surface area contributed by atoms with Crippen LogP contribution in [0.5, 0.6) is 5.75 Å². The highest BCUT2D eigenvalue weighted by atomic mass is 35.5. The van der Waals surface area contributed by atoms with Crippen molar-refractivity contribution in [2.45, 2.75) is 18.8 Å². The molecule has 0 atom stereocenters. The van der Waals surface area contributed by atoms with Gasteiger partial charge in [-0.1, -0.05) is 23.2 Å². The van der Waals surface area contributed by atoms with Gasteiger partial charge in [0.05, 0.1) is 7.11 Å². The zero-order valence-corrected chi connectivity index (χ0v) is 10.7. The average molecular weight is 260 g/mol. The van der Waals surface area contributed by atoms with E-state index in [1.807, 2.05) is 6.07 Å². The zero-order valence-electron chi connectivity index (χ0n) is 9.22. The Kier molecular flexibility index (Phi) is 3.95. The quantitative estimate of drug-likeness (QED) is 0.879. The van der Waals surface area contributed by atoms with Gasteiger partial charge in [0.25, 0.3) is 0 Å². The summed E-state index contributed by atoms with van der Waals surface area (Å²) in [5, 5.41) is 4.69. The normalized spacial score (nSPS) is 17.4. The Morgan fingerprint density at radius 1 is 1.25 bits per heavy atom. The minimum absolute atomic E-state index is 0.473. The molecule has 0 bridgehead atoms. The van der Waals surface area contributed by atoms with Crippen molar-refractivity contribution in [2.75, 3.05) is 20.2 Å². The largest absolute Gasteiger partial charge is 0.496 e. The molecule has 88 valence electrons. The van der Waals surface area contributed by atoms with Crippen LogP contribution >= 0.6 is 23.2 Å². The maximum absolute atomic E-state index is 6.26. The van der Waals surface area contributed by atoms with Crippen molar-refractivity contribution in [3.8, 4) is 5.75 Å². The summed E-state index contributed by atoms with van der Waals surface area (Å²) in [5.74, 6) is 1.28. The third-order valence-corrected chi connectivity index (χ3v) is 3.55. The van der Waals surface area contributed by atoms with Crippen LogP contribution in [0, 0.1) is 0 Å². The minimum atomic E-state index is 0.473. The van der Waals surface area contributed by atoms with Gasteiger partial charge in [0.15, 0.2) is 0 Å². The van der Waals surface area contributed by atoms with E-state index in [9.17, 15) is 0 Å². The molecule has 0 radical (unpaired) electrons. The summed E-state index contributed by atoms with van der Waals surface area (Å²) in [4.78, 5) is 0. The van der Waals surface area contributed by atoms with Gasteiger partial charge in [-0.15, -0.1) is 0 Å². The molecular weight excluding hydrogens is 245 g/mol. The lowest BCUT2D eigenvalue weighted by Gasteiger charge is -2.25. The number of ether oxygens (including phenoxy) is 1. The van der Waals surface area contributed by atoms with E-state index in [4.69, 9.17) is 27.9 Å². The topological polar surface area (TPSA) is 21.3 Å². The lowest BCUT2D eigenvalue weighted by molar-refractivity contribution is 0.392. The maximum Gasteiger partial charge on any atom is 0.125 e. The number of piperidine rings is 1. The molecule has 4 heteroatoms. The second-order valence-electron chi connectivity index (χ2n) is 4.03. The van der Waals surface area contributed by atoms with Crippen LogP contribution in [-0.2, 0) is 0 Å². The summed E-state index contributed by atoms with van der Waals surface area (Å²) < 4.78 is 5.37. The molecule has 0 aromatic heterocycles. The van der Waals surface area contributed by atoms with Crippen LogP contribution in [0.25, 0.3) is 0 Å². The number of benzene rings is 1. The fourth-order valence-electron chi connectivity index (χ4n) is 2.24. The SMILES string of the molecule is COc1cc(Cl)cc(Cl)c1C1CCNCC1. The van der Waals surface area contributed by atoms with Crippen molar-refractivity contribution in [2.24, 2.45) is 0 Å². The van der Waals surface area contributed by atoms with Gasteiger partial charge in [-0.05, 0) is 44.0 Å². The van der Waals surface area contributed by atoms with Crippen molar-refractivity contribution in [1.29, 1.82) is 0 Å². The first-order chi connectivity index (χ1) is 7.72. The third kappa shape index (κ3) is 2.45. The number of nitrogens with one attached hydrogen (secondary N) is 1. The van der Waals surface area contributed by atoms with Gasteiger partial charge in [-0.2, -0.15) is 0 Å². The van der Waals surface area contributed by atoms with E-state index in [2.05, 4.69) is 5.32 Å². The molecule has 2 rings (SSSR count). The van der Waals surface area contributed by atoms with Crippen molar-refractivity contribution in [3.63, 3.8) is 0 Å². The van der Waals surface area contributed by atoms with Gasteiger partial charge in [0, 0.05) is 15.6 Å². The lowest BCUT2D eigenvalue weighted by Crippen LogP contribution is -2.27. The molecule has 0 aliphatic carbocycles. The number of hydrogen-bond donors (Lipinski definition) is 1. The Balaban J connectivity index is 2.37. The van der Waals surface area contributed by atoms with Gasteiger partial charge in [0.1, 0.15) is 5.75 Å². The molecule has 1 aromatic rings. The van der Waals surface area contributed by atoms with E-state index >= 15 is 0 Å². The van der Waals surface area contributed by atoms with Crippen LogP contribution in [0.1, 0.15) is 24.3 Å². The fraction of sp³-hybridized carbons (Fsp3) is 0.500. The van der Waals surface area contributed by atoms with Crippen LogP contribution in [-0.4, -0.2) is 20.2 Å². The van der Waals surface area contributed by atoms with Gasteiger partial charge < -0.3 is 10.1 Å². The molecule has 1 aromatic carbocycles. The van der Waals surface area contributed by atoms with E-state index < -0.39 is 0 Å². The Morgan fingerprint density at radius 3 is 2.56 bits per heavy atom. The second-order valence-corrected chi connectivity index (χ2v) is 4.87. The van der Waals surface area contributed by atoms with Crippen LogP contribution in [0.4, 0.5) is 0 Å². The van der Waals surface area contributed by atoms with Gasteiger partial charge in [-0.3, -0.25) is 0 Å². The second kappa shape index (κ2) is 5.26. The Hall–Kier alpha value is -0.440. The first-order valence-electron chi connectivity index (χ1n) is 5.46. The number of rotatable bonds is 2. The summed E-state index contributed by atoms with van der Waals surface area (Å²) in [7, 11) is 1.66. The summed E-state index contributed by atoms with van der Waals surface area (Å²) in [5.41, 5.74) is 1.11. The summed E-state index contributed by atoms with van der Waals surface area (Å²) >= 11 is 12.2. The molecule has 0 unspecified atom stereocenters. The van der Waals surface area contributed by atoms with Crippen LogP contribution in [0.2, 0.25) is 10.0 Å². The zero-order chi connectivity index (χ0) is 11.5. The molecule has 1 aliphatic heterocycles. The smallest absolute Gasteiger partial charge is 0.125 e. The van der Waals surface area contributed by atoms with Crippen molar-refractivity contribution in [3.05, 3.63) is 27.7 Å². The average Bonchev–Trinajstić information content (AvgIpc) is 2.29. The molecule has 2 nitrogen and oxygen atoms in total. The summed E-state index contributed by atoms with van der Waals surface area (Å²) in [6.07, 6.45) is 2.19. The highest BCUT2D eigenvalue weighted by Gasteiger charge is 2.22. The molecule has 1 heterocycles. The number of hydrogen-bond acceptors (Lipinski definition) is 2. The van der Waals surface area contributed by atoms with Gasteiger partial charge >= 0.3 is 0 Å². The molecule has 0 amide bonds. The van der Waals surface area contributed by atoms with Crippen LogP contribution in [0.3, 0.4) is 0 Å². The van der Waals surface area contributed by atoms with Gasteiger partial charge in [0.2, 0.25) is 0 Å². The molecule has 1 fully saturated rings. The molecule has 0 saturated carbocycles. The maximum atomic E-state index is 6.26. The summed E-state index contributed by atoms with van der Waals surface area (Å²) in [6.45, 7) is 2.07. The molecule has 16 heavy (non-hydrogen) atoms. The molecule has 1 aliphatic rings. The third-order valence-electron chi connectivity index (χ3n) is 3.02. The molecular formula is C12H15Cl2NO. The fourth-order valence-corrected chi connectivity index (χ4v) is 2.87. The Labute approximate surface area is 106 Å². The van der Waals surface area contributed by atoms with Gasteiger partial charge in [-0.25, -0.2) is 0 Å². The number of methoxy groups -OCH3 is 1. The van der Waals surface area contributed by atoms with Crippen molar-refractivity contribution in [1.82, 2.24) is 5.32 Å². The highest BCUT2D eigenvalue weighted by molar-refractivity contribution is 6.35. The predicted octanol–water partition coefficient (Wildman–Crippen LogP) is 3.47. The predicted molar refractivity (Wildman–Crippen MR) is 67.9 cm³/mol. The van der Waals surface area contributed by atoms with Crippen LogP contribution in [0.15, 0.2) is 12.1 Å². The van der Waals surface area contributed by atoms with E-state index in [1.165, 1.54) is 0 Å². The highest BCUT2D eigenvalue weighted by Crippen LogP contribution is 2.39. The van der Waals surface area contributed by atoms with E-state index in [1.54, 1.807) is 13.2 Å². The van der Waals surface area contributed by atoms with E-state index in [-0.39, 0.29) is 0 Å². The molecule has 0 spiro atoms. The minimum Gasteiger partial charge on any atom is -0.496 e. The summed E-state index contributed by atoms with van der Waals surface area (Å²) in [6, 6.07) is 3.63. The Bertz CT molecular complexity index is 376. The first kappa shape index (κ1) is 12.0. The monoisotopic (exact) mass is 259 g/mol. The standard InChI is InChI=1S/C12H15Cl2NO/c1-16-11-7-9(13)6-10(14)12(11)8-2-4-15-5-3-8/h6-8,15H,2-5H2,1H3. The van der Waals surface area contributed by atoms with Crippen molar-refractivity contribution < 1.29 is 4.74 Å². The molecule has 1 N–H and O–H groups in total. The Morgan fingerprint density at radius 2 is 1.94 bits per heavy atom. The molecule has 1 saturated heterocycles. The van der Waals surface area contributed by atoms with E-state index in [0.29, 0.717) is 10.9 Å². The lowest BCUT2D eigenvalue weighted by atomic mass is 9.89.